The van der Waals surface area contributed by atoms with Crippen molar-refractivity contribution in [3.63, 3.8) is 0 Å². The van der Waals surface area contributed by atoms with Crippen LogP contribution in [0, 0.1) is 0 Å². The molecule has 104 valence electrons. The zero-order chi connectivity index (χ0) is 14.7. The van der Waals surface area contributed by atoms with Crippen molar-refractivity contribution in [2.24, 2.45) is 0 Å². The van der Waals surface area contributed by atoms with Gasteiger partial charge < -0.3 is 4.74 Å². The molecule has 0 unspecified atom stereocenters. The minimum Gasteiger partial charge on any atom is -0.496 e. The lowest BCUT2D eigenvalue weighted by atomic mass is 10.2. The predicted molar refractivity (Wildman–Crippen MR) is 83.6 cm³/mol. The highest BCUT2D eigenvalue weighted by Gasteiger charge is 2.34. The first-order valence-corrected chi connectivity index (χ1v) is 7.37. The Labute approximate surface area is 129 Å². The third-order valence-corrected chi connectivity index (χ3v) is 4.06. The predicted octanol–water partition coefficient (Wildman–Crippen LogP) is 3.68. The van der Waals surface area contributed by atoms with Gasteiger partial charge in [-0.1, -0.05) is 22.0 Å². The minimum absolute atomic E-state index is 0.220. The van der Waals surface area contributed by atoms with E-state index in [0.29, 0.717) is 10.7 Å². The maximum Gasteiger partial charge on any atom is 0.293 e. The number of ether oxygens (including phenoxy) is 1. The largest absolute Gasteiger partial charge is 0.496 e. The zero-order valence-electron chi connectivity index (χ0n) is 10.8. The van der Waals surface area contributed by atoms with E-state index in [1.165, 1.54) is 6.08 Å². The maximum absolute atomic E-state index is 12.1. The van der Waals surface area contributed by atoms with Crippen LogP contribution in [0.25, 0.3) is 6.08 Å². The number of thioether (sulfide) groups is 1. The standard InChI is InChI=1S/C14H12BrNO3S/c1-3-6-16-13(17)12(20-14(16)18)8-9-7-10(15)4-5-11(9)19-2/h3-5,7-8H,1,6H2,2H3/b12-8+. The van der Waals surface area contributed by atoms with E-state index in [1.54, 1.807) is 19.3 Å². The van der Waals surface area contributed by atoms with Crippen LogP contribution in [0.3, 0.4) is 0 Å². The van der Waals surface area contributed by atoms with Gasteiger partial charge in [0.2, 0.25) is 0 Å². The molecule has 0 atom stereocenters. The molecule has 1 heterocycles. The molecule has 1 aliphatic heterocycles. The normalized spacial score (nSPS) is 16.9. The molecular formula is C14H12BrNO3S. The molecule has 0 radical (unpaired) electrons. The SMILES string of the molecule is C=CCN1C(=O)S/C(=C/c2cc(Br)ccc2OC)C1=O. The smallest absolute Gasteiger partial charge is 0.293 e. The number of carbonyl (C=O) groups excluding carboxylic acids is 2. The van der Waals surface area contributed by atoms with Gasteiger partial charge in [0, 0.05) is 16.6 Å². The van der Waals surface area contributed by atoms with Crippen LogP contribution in [0.15, 0.2) is 40.2 Å². The molecule has 0 aliphatic carbocycles. The highest BCUT2D eigenvalue weighted by atomic mass is 79.9. The molecule has 2 amide bonds. The van der Waals surface area contributed by atoms with Crippen LogP contribution in [0.2, 0.25) is 0 Å². The van der Waals surface area contributed by atoms with Gasteiger partial charge >= 0.3 is 0 Å². The van der Waals surface area contributed by atoms with Gasteiger partial charge in [0.05, 0.1) is 12.0 Å². The van der Waals surface area contributed by atoms with Gasteiger partial charge in [0.25, 0.3) is 11.1 Å². The van der Waals surface area contributed by atoms with Gasteiger partial charge in [0.1, 0.15) is 5.75 Å². The Hall–Kier alpha value is -1.53. The van der Waals surface area contributed by atoms with E-state index in [9.17, 15) is 9.59 Å². The van der Waals surface area contributed by atoms with Crippen LogP contribution in [-0.4, -0.2) is 29.7 Å². The summed E-state index contributed by atoms with van der Waals surface area (Å²) in [4.78, 5) is 25.4. The van der Waals surface area contributed by atoms with Crippen molar-refractivity contribution >= 4 is 44.9 Å². The first kappa shape index (κ1) is 14.9. The monoisotopic (exact) mass is 353 g/mol. The average Bonchev–Trinajstić information content (AvgIpc) is 2.67. The Morgan fingerprint density at radius 1 is 1.45 bits per heavy atom. The second kappa shape index (κ2) is 6.28. The van der Waals surface area contributed by atoms with E-state index in [2.05, 4.69) is 22.5 Å². The van der Waals surface area contributed by atoms with Crippen LogP contribution in [0.4, 0.5) is 4.79 Å². The maximum atomic E-state index is 12.1. The summed E-state index contributed by atoms with van der Waals surface area (Å²) < 4.78 is 6.12. The van der Waals surface area contributed by atoms with Gasteiger partial charge in [-0.3, -0.25) is 14.5 Å². The Kier molecular flexibility index (Phi) is 4.67. The van der Waals surface area contributed by atoms with Crippen molar-refractivity contribution < 1.29 is 14.3 Å². The van der Waals surface area contributed by atoms with Crippen molar-refractivity contribution in [2.75, 3.05) is 13.7 Å². The summed E-state index contributed by atoms with van der Waals surface area (Å²) in [5.74, 6) is 0.339. The quantitative estimate of drug-likeness (QED) is 0.611. The summed E-state index contributed by atoms with van der Waals surface area (Å²) in [6.07, 6.45) is 3.19. The van der Waals surface area contributed by atoms with Crippen LogP contribution in [0.5, 0.6) is 5.75 Å². The molecule has 1 fully saturated rings. The lowest BCUT2D eigenvalue weighted by molar-refractivity contribution is -0.122. The fraction of sp³-hybridized carbons (Fsp3) is 0.143. The second-order valence-corrected chi connectivity index (χ2v) is 5.88. The molecule has 1 aromatic carbocycles. The van der Waals surface area contributed by atoms with E-state index in [-0.39, 0.29) is 17.7 Å². The number of halogens is 1. The fourth-order valence-corrected chi connectivity index (χ4v) is 2.96. The minimum atomic E-state index is -0.304. The van der Waals surface area contributed by atoms with Crippen molar-refractivity contribution in [3.8, 4) is 5.75 Å². The topological polar surface area (TPSA) is 46.6 Å². The lowest BCUT2D eigenvalue weighted by Crippen LogP contribution is -2.27. The van der Waals surface area contributed by atoms with Crippen molar-refractivity contribution in [3.05, 3.63) is 45.8 Å². The Bertz CT molecular complexity index is 612. The highest BCUT2D eigenvalue weighted by molar-refractivity contribution is 9.10. The number of carbonyl (C=O) groups is 2. The summed E-state index contributed by atoms with van der Waals surface area (Å²) in [6.45, 7) is 3.76. The second-order valence-electron chi connectivity index (χ2n) is 3.97. The zero-order valence-corrected chi connectivity index (χ0v) is 13.2. The van der Waals surface area contributed by atoms with Gasteiger partial charge in [-0.05, 0) is 36.0 Å². The number of benzene rings is 1. The summed E-state index contributed by atoms with van der Waals surface area (Å²) in [5.41, 5.74) is 0.742. The number of amides is 2. The lowest BCUT2D eigenvalue weighted by Gasteiger charge is -2.08. The molecule has 0 aromatic heterocycles. The summed E-state index contributed by atoms with van der Waals surface area (Å²) in [6, 6.07) is 5.48. The van der Waals surface area contributed by atoms with E-state index in [0.717, 1.165) is 26.7 Å². The van der Waals surface area contributed by atoms with E-state index >= 15 is 0 Å². The first-order chi connectivity index (χ1) is 9.56. The summed E-state index contributed by atoms with van der Waals surface area (Å²) >= 11 is 4.29. The van der Waals surface area contributed by atoms with Crippen LogP contribution >= 0.6 is 27.7 Å². The molecule has 0 spiro atoms. The van der Waals surface area contributed by atoms with Gasteiger partial charge in [-0.2, -0.15) is 0 Å². The Balaban J connectivity index is 2.37. The number of methoxy groups -OCH3 is 1. The molecular weight excluding hydrogens is 342 g/mol. The molecule has 20 heavy (non-hydrogen) atoms. The van der Waals surface area contributed by atoms with E-state index < -0.39 is 0 Å². The highest BCUT2D eigenvalue weighted by Crippen LogP contribution is 2.34. The van der Waals surface area contributed by atoms with Crippen LogP contribution in [0.1, 0.15) is 5.56 Å². The summed E-state index contributed by atoms with van der Waals surface area (Å²) in [5, 5.41) is -0.282. The molecule has 1 aliphatic rings. The van der Waals surface area contributed by atoms with Gasteiger partial charge in [-0.15, -0.1) is 6.58 Å². The molecule has 0 saturated carbocycles. The molecule has 4 nitrogen and oxygen atoms in total. The van der Waals surface area contributed by atoms with Crippen LogP contribution in [-0.2, 0) is 4.79 Å². The molecule has 0 N–H and O–H groups in total. The summed E-state index contributed by atoms with van der Waals surface area (Å²) in [7, 11) is 1.56. The van der Waals surface area contributed by atoms with E-state index in [4.69, 9.17) is 4.74 Å². The average molecular weight is 354 g/mol. The molecule has 1 aromatic rings. The molecule has 6 heteroatoms. The number of rotatable bonds is 4. The van der Waals surface area contributed by atoms with Crippen LogP contribution < -0.4 is 4.74 Å². The molecule has 0 bridgehead atoms. The Morgan fingerprint density at radius 2 is 2.20 bits per heavy atom. The third kappa shape index (κ3) is 2.96. The third-order valence-electron chi connectivity index (χ3n) is 2.66. The fourth-order valence-electron chi connectivity index (χ4n) is 1.75. The molecule has 2 rings (SSSR count). The van der Waals surface area contributed by atoms with Gasteiger partial charge in [-0.25, -0.2) is 0 Å². The number of hydrogen-bond donors (Lipinski definition) is 0. The Morgan fingerprint density at radius 3 is 2.85 bits per heavy atom. The van der Waals surface area contributed by atoms with Crippen molar-refractivity contribution in [2.45, 2.75) is 0 Å². The number of nitrogens with zero attached hydrogens (tertiary/aromatic N) is 1. The van der Waals surface area contributed by atoms with Crippen molar-refractivity contribution in [1.82, 2.24) is 4.90 Å². The van der Waals surface area contributed by atoms with E-state index in [1.807, 2.05) is 12.1 Å². The molecule has 1 saturated heterocycles. The van der Waals surface area contributed by atoms with Crippen molar-refractivity contribution in [1.29, 1.82) is 0 Å². The number of hydrogen-bond acceptors (Lipinski definition) is 4. The number of imide groups is 1. The first-order valence-electron chi connectivity index (χ1n) is 5.76. The van der Waals surface area contributed by atoms with Gasteiger partial charge in [0.15, 0.2) is 0 Å².